The van der Waals surface area contributed by atoms with Gasteiger partial charge in [0.25, 0.3) is 0 Å². The van der Waals surface area contributed by atoms with Crippen LogP contribution in [0.3, 0.4) is 0 Å². The van der Waals surface area contributed by atoms with Crippen LogP contribution < -0.4 is 0 Å². The number of fused-ring (bicyclic) bond motifs is 1. The molecule has 0 aliphatic heterocycles. The van der Waals surface area contributed by atoms with Crippen molar-refractivity contribution in [1.29, 1.82) is 0 Å². The van der Waals surface area contributed by atoms with E-state index >= 15 is 0 Å². The number of carbonyl (C=O) groups is 2. The van der Waals surface area contributed by atoms with Gasteiger partial charge in [0.15, 0.2) is 0 Å². The Hall–Kier alpha value is -1.89. The van der Waals surface area contributed by atoms with Crippen LogP contribution in [0.25, 0.3) is 10.2 Å². The van der Waals surface area contributed by atoms with Crippen LogP contribution in [-0.2, 0) is 9.47 Å². The van der Waals surface area contributed by atoms with E-state index in [1.165, 1.54) is 24.6 Å². The van der Waals surface area contributed by atoms with Gasteiger partial charge in [-0.3, -0.25) is 0 Å². The summed E-state index contributed by atoms with van der Waals surface area (Å²) in [5, 5.41) is 3.97. The Balaban J connectivity index is 2.37. The maximum atomic E-state index is 12.0. The minimum Gasteiger partial charge on any atom is -0.465 e. The van der Waals surface area contributed by atoms with E-state index < -0.39 is 17.7 Å². The predicted molar refractivity (Wildman–Crippen MR) is 70.6 cm³/mol. The molecule has 0 aliphatic rings. The third kappa shape index (κ3) is 2.76. The molecule has 102 valence electrons. The molecule has 2 aromatic rings. The molecule has 6 nitrogen and oxygen atoms in total. The lowest BCUT2D eigenvalue weighted by Gasteiger charge is -2.18. The summed E-state index contributed by atoms with van der Waals surface area (Å²) in [6.45, 7) is 5.33. The number of carbonyl (C=O) groups excluding carboxylic acids is 2. The number of aromatic nitrogens is 2. The Bertz CT molecular complexity index is 636. The van der Waals surface area contributed by atoms with Gasteiger partial charge in [0.05, 0.1) is 23.5 Å². The van der Waals surface area contributed by atoms with Gasteiger partial charge in [-0.05, 0) is 26.8 Å². The zero-order chi connectivity index (χ0) is 14.2. The van der Waals surface area contributed by atoms with Crippen LogP contribution in [0.5, 0.6) is 0 Å². The zero-order valence-corrected chi connectivity index (χ0v) is 11.9. The largest absolute Gasteiger partial charge is 0.465 e. The van der Waals surface area contributed by atoms with Crippen LogP contribution >= 0.6 is 11.3 Å². The van der Waals surface area contributed by atoms with Gasteiger partial charge in [-0.1, -0.05) is 0 Å². The van der Waals surface area contributed by atoms with Gasteiger partial charge in [0.1, 0.15) is 10.5 Å². The molecule has 2 heterocycles. The van der Waals surface area contributed by atoms with Crippen molar-refractivity contribution < 1.29 is 19.1 Å². The van der Waals surface area contributed by atoms with Crippen LogP contribution in [0.15, 0.2) is 12.3 Å². The first-order valence-electron chi connectivity index (χ1n) is 5.61. The summed E-state index contributed by atoms with van der Waals surface area (Å²) in [4.78, 5) is 23.8. The molecule has 0 saturated carbocycles. The summed E-state index contributed by atoms with van der Waals surface area (Å²) in [6, 6.07) is 1.57. The van der Waals surface area contributed by atoms with E-state index in [0.29, 0.717) is 10.4 Å². The summed E-state index contributed by atoms with van der Waals surface area (Å²) in [6.07, 6.45) is 0.952. The van der Waals surface area contributed by atoms with E-state index in [2.05, 4.69) is 9.84 Å². The highest BCUT2D eigenvalue weighted by molar-refractivity contribution is 7.20. The minimum absolute atomic E-state index is 0.423. The topological polar surface area (TPSA) is 70.4 Å². The molecule has 0 N–H and O–H groups in total. The molecule has 0 bridgehead atoms. The summed E-state index contributed by atoms with van der Waals surface area (Å²) in [5.74, 6) is -0.433. The minimum atomic E-state index is -0.601. The van der Waals surface area contributed by atoms with Crippen molar-refractivity contribution in [3.63, 3.8) is 0 Å². The average Bonchev–Trinajstić information content (AvgIpc) is 2.83. The molecule has 0 unspecified atom stereocenters. The van der Waals surface area contributed by atoms with Gasteiger partial charge in [0.2, 0.25) is 0 Å². The van der Waals surface area contributed by atoms with Crippen molar-refractivity contribution in [2.24, 2.45) is 0 Å². The number of nitrogens with zero attached hydrogens (tertiary/aromatic N) is 2. The first-order valence-corrected chi connectivity index (χ1v) is 6.43. The molecule has 2 rings (SSSR count). The standard InChI is InChI=1S/C12H14N2O4S/c1-12(2,3)18-11(16)14-7-5-8(10(15)17-4)19-9(7)6-13-14/h5-6H,1-4H3. The van der Waals surface area contributed by atoms with Crippen molar-refractivity contribution in [1.82, 2.24) is 9.78 Å². The lowest BCUT2D eigenvalue weighted by atomic mass is 10.2. The average molecular weight is 282 g/mol. The molecule has 0 fully saturated rings. The summed E-state index contributed by atoms with van der Waals surface area (Å²) in [7, 11) is 1.31. The molecule has 0 aliphatic carbocycles. The fourth-order valence-corrected chi connectivity index (χ4v) is 2.40. The lowest BCUT2D eigenvalue weighted by Crippen LogP contribution is -2.27. The van der Waals surface area contributed by atoms with Crippen LogP contribution in [0.4, 0.5) is 4.79 Å². The highest BCUT2D eigenvalue weighted by Crippen LogP contribution is 2.26. The zero-order valence-electron chi connectivity index (χ0n) is 11.1. The van der Waals surface area contributed by atoms with Crippen molar-refractivity contribution in [2.45, 2.75) is 26.4 Å². The van der Waals surface area contributed by atoms with Gasteiger partial charge >= 0.3 is 12.1 Å². The summed E-state index contributed by atoms with van der Waals surface area (Å²) in [5.41, 5.74) is -0.0593. The maximum Gasteiger partial charge on any atom is 0.435 e. The second-order valence-electron chi connectivity index (χ2n) is 4.89. The number of methoxy groups -OCH3 is 1. The second kappa shape index (κ2) is 4.65. The van der Waals surface area contributed by atoms with Crippen molar-refractivity contribution in [3.8, 4) is 0 Å². The van der Waals surface area contributed by atoms with Gasteiger partial charge in [0, 0.05) is 0 Å². The van der Waals surface area contributed by atoms with Gasteiger partial charge in [-0.15, -0.1) is 11.3 Å². The van der Waals surface area contributed by atoms with E-state index in [9.17, 15) is 9.59 Å². The molecule has 0 aromatic carbocycles. The monoisotopic (exact) mass is 282 g/mol. The summed E-state index contributed by atoms with van der Waals surface area (Å²) < 4.78 is 11.7. The Kier molecular flexibility index (Phi) is 3.32. The lowest BCUT2D eigenvalue weighted by molar-refractivity contribution is 0.0520. The molecule has 0 saturated heterocycles. The maximum absolute atomic E-state index is 12.0. The first kappa shape index (κ1) is 13.5. The van der Waals surface area contributed by atoms with E-state index in [1.54, 1.807) is 26.8 Å². The Morgan fingerprint density at radius 1 is 1.37 bits per heavy atom. The molecular formula is C12H14N2O4S. The van der Waals surface area contributed by atoms with Crippen LogP contribution in [0, 0.1) is 0 Å². The molecule has 0 radical (unpaired) electrons. The fraction of sp³-hybridized carbons (Fsp3) is 0.417. The summed E-state index contributed by atoms with van der Waals surface area (Å²) >= 11 is 1.22. The Labute approximate surface area is 113 Å². The highest BCUT2D eigenvalue weighted by Gasteiger charge is 2.22. The molecule has 2 aromatic heterocycles. The number of hydrogen-bond donors (Lipinski definition) is 0. The van der Waals surface area contributed by atoms with E-state index in [0.717, 1.165) is 9.38 Å². The van der Waals surface area contributed by atoms with E-state index in [4.69, 9.17) is 4.74 Å². The third-order valence-electron chi connectivity index (χ3n) is 2.21. The normalized spacial score (nSPS) is 11.6. The van der Waals surface area contributed by atoms with Gasteiger partial charge in [-0.2, -0.15) is 9.78 Å². The molecule has 7 heteroatoms. The van der Waals surface area contributed by atoms with Crippen LogP contribution in [0.2, 0.25) is 0 Å². The number of ether oxygens (including phenoxy) is 2. The van der Waals surface area contributed by atoms with E-state index in [1.807, 2.05) is 0 Å². The highest BCUT2D eigenvalue weighted by atomic mass is 32.1. The molecular weight excluding hydrogens is 268 g/mol. The SMILES string of the molecule is COC(=O)c1cc2c(cnn2C(=O)OC(C)(C)C)s1. The first-order chi connectivity index (χ1) is 8.81. The predicted octanol–water partition coefficient (Wildman–Crippen LogP) is 2.67. The fourth-order valence-electron chi connectivity index (χ4n) is 1.48. The number of hydrogen-bond acceptors (Lipinski definition) is 6. The van der Waals surface area contributed by atoms with Gasteiger partial charge in [-0.25, -0.2) is 9.59 Å². The Morgan fingerprint density at radius 2 is 2.05 bits per heavy atom. The van der Waals surface area contributed by atoms with Gasteiger partial charge < -0.3 is 9.47 Å². The van der Waals surface area contributed by atoms with Crippen molar-refractivity contribution in [3.05, 3.63) is 17.1 Å². The quantitative estimate of drug-likeness (QED) is 0.752. The molecule has 0 spiro atoms. The number of rotatable bonds is 1. The number of thiophene rings is 1. The molecule has 0 amide bonds. The number of esters is 1. The molecule has 19 heavy (non-hydrogen) atoms. The smallest absolute Gasteiger partial charge is 0.435 e. The van der Waals surface area contributed by atoms with Crippen molar-refractivity contribution in [2.75, 3.05) is 7.11 Å². The Morgan fingerprint density at radius 3 is 2.63 bits per heavy atom. The molecule has 0 atom stereocenters. The second-order valence-corrected chi connectivity index (χ2v) is 5.97. The third-order valence-corrected chi connectivity index (χ3v) is 3.25. The van der Waals surface area contributed by atoms with E-state index in [-0.39, 0.29) is 0 Å². The van der Waals surface area contributed by atoms with Crippen molar-refractivity contribution >= 4 is 33.6 Å². The van der Waals surface area contributed by atoms with Crippen LogP contribution in [0.1, 0.15) is 30.4 Å². The van der Waals surface area contributed by atoms with Crippen LogP contribution in [-0.4, -0.2) is 34.6 Å².